The molecule has 0 radical (unpaired) electrons. The first-order chi connectivity index (χ1) is 13.0. The lowest BCUT2D eigenvalue weighted by atomic mass is 9.87. The van der Waals surface area contributed by atoms with Crippen molar-refractivity contribution in [3.8, 4) is 5.75 Å². The van der Waals surface area contributed by atoms with Crippen LogP contribution in [0.3, 0.4) is 0 Å². The Balaban J connectivity index is 1.56. The fourth-order valence-corrected chi connectivity index (χ4v) is 4.10. The molecule has 6 heteroatoms. The van der Waals surface area contributed by atoms with E-state index in [0.29, 0.717) is 18.2 Å². The molecule has 2 aliphatic rings. The van der Waals surface area contributed by atoms with Gasteiger partial charge in [0.25, 0.3) is 0 Å². The average Bonchev–Trinajstić information content (AvgIpc) is 3.43. The topological polar surface area (TPSA) is 50.8 Å². The molecule has 1 aliphatic carbocycles. The van der Waals surface area contributed by atoms with Crippen molar-refractivity contribution in [2.24, 2.45) is 0 Å². The Bertz CT molecular complexity index is 880. The van der Waals surface area contributed by atoms with Gasteiger partial charge in [-0.15, -0.1) is 0 Å². The summed E-state index contributed by atoms with van der Waals surface area (Å²) in [6, 6.07) is 11.5. The first kappa shape index (κ1) is 18.1. The molecule has 1 aliphatic heterocycles. The van der Waals surface area contributed by atoms with Gasteiger partial charge in [-0.1, -0.05) is 17.7 Å². The minimum atomic E-state index is -0.0950. The van der Waals surface area contributed by atoms with Crippen LogP contribution in [0.5, 0.6) is 5.75 Å². The first-order valence-electron chi connectivity index (χ1n) is 9.05. The number of anilines is 1. The summed E-state index contributed by atoms with van der Waals surface area (Å²) < 4.78 is 10.6. The molecule has 0 saturated heterocycles. The molecule has 0 unspecified atom stereocenters. The number of urea groups is 1. The molecule has 5 nitrogen and oxygen atoms in total. The molecule has 1 fully saturated rings. The van der Waals surface area contributed by atoms with Crippen LogP contribution >= 0.6 is 11.6 Å². The van der Waals surface area contributed by atoms with Crippen molar-refractivity contribution >= 4 is 23.3 Å². The summed E-state index contributed by atoms with van der Waals surface area (Å²) in [5, 5.41) is 3.66. The number of fused-ring (bicyclic) bond motifs is 2. The summed E-state index contributed by atoms with van der Waals surface area (Å²) >= 11 is 6.08. The van der Waals surface area contributed by atoms with Crippen molar-refractivity contribution < 1.29 is 14.3 Å². The highest BCUT2D eigenvalue weighted by Gasteiger charge is 2.50. The second-order valence-corrected chi connectivity index (χ2v) is 7.76. The molecule has 4 rings (SSSR count). The zero-order valence-corrected chi connectivity index (χ0v) is 16.3. The Morgan fingerprint density at radius 2 is 2.04 bits per heavy atom. The Morgan fingerprint density at radius 3 is 2.74 bits per heavy atom. The smallest absolute Gasteiger partial charge is 0.322 e. The number of benzene rings is 2. The molecule has 1 heterocycles. The van der Waals surface area contributed by atoms with Crippen molar-refractivity contribution in [3.63, 3.8) is 0 Å². The van der Waals surface area contributed by atoms with Crippen LogP contribution in [-0.2, 0) is 23.3 Å². The third-order valence-corrected chi connectivity index (χ3v) is 5.73. The SMILES string of the molecule is COCc1cc(Cl)ccc1NC(=O)N1Cc2ccc(OC)cc2C2(CC2)C1. The number of methoxy groups -OCH3 is 2. The molecule has 27 heavy (non-hydrogen) atoms. The molecule has 1 spiro atoms. The Morgan fingerprint density at radius 1 is 1.22 bits per heavy atom. The average molecular weight is 387 g/mol. The van der Waals surface area contributed by atoms with E-state index < -0.39 is 0 Å². The van der Waals surface area contributed by atoms with Crippen molar-refractivity contribution in [2.75, 3.05) is 26.1 Å². The highest BCUT2D eigenvalue weighted by Crippen LogP contribution is 2.53. The van der Waals surface area contributed by atoms with Crippen molar-refractivity contribution in [3.05, 3.63) is 58.1 Å². The maximum atomic E-state index is 13.0. The monoisotopic (exact) mass is 386 g/mol. The second kappa shape index (κ2) is 7.06. The molecule has 1 N–H and O–H groups in total. The number of carbonyl (C=O) groups is 1. The highest BCUT2D eigenvalue weighted by atomic mass is 35.5. The Labute approximate surface area is 164 Å². The van der Waals surface area contributed by atoms with Gasteiger partial charge >= 0.3 is 6.03 Å². The molecule has 0 aromatic heterocycles. The molecule has 142 valence electrons. The summed E-state index contributed by atoms with van der Waals surface area (Å²) in [6.07, 6.45) is 2.21. The summed E-state index contributed by atoms with van der Waals surface area (Å²) in [4.78, 5) is 14.9. The Kier molecular flexibility index (Phi) is 4.74. The zero-order valence-electron chi connectivity index (χ0n) is 15.5. The number of nitrogens with zero attached hydrogens (tertiary/aromatic N) is 1. The quantitative estimate of drug-likeness (QED) is 0.837. The minimum absolute atomic E-state index is 0.0782. The number of nitrogens with one attached hydrogen (secondary N) is 1. The van der Waals surface area contributed by atoms with Crippen LogP contribution in [0.25, 0.3) is 0 Å². The number of ether oxygens (including phenoxy) is 2. The van der Waals surface area contributed by atoms with Gasteiger partial charge in [-0.2, -0.15) is 0 Å². The highest BCUT2D eigenvalue weighted by molar-refractivity contribution is 6.30. The standard InChI is InChI=1S/C21H23ClN2O3/c1-26-12-15-9-16(22)4-6-19(15)23-20(25)24-11-14-3-5-17(27-2)10-18(14)21(13-24)7-8-21/h3-6,9-10H,7-8,11-13H2,1-2H3,(H,23,25). The summed E-state index contributed by atoms with van der Waals surface area (Å²) in [5.41, 5.74) is 4.20. The third kappa shape index (κ3) is 3.49. The van der Waals surface area contributed by atoms with Gasteiger partial charge in [0, 0.05) is 41.9 Å². The lowest BCUT2D eigenvalue weighted by Crippen LogP contribution is -2.43. The maximum Gasteiger partial charge on any atom is 0.322 e. The van der Waals surface area contributed by atoms with E-state index in [-0.39, 0.29) is 11.4 Å². The molecular formula is C21H23ClN2O3. The van der Waals surface area contributed by atoms with Gasteiger partial charge in [-0.05, 0) is 54.3 Å². The minimum Gasteiger partial charge on any atom is -0.497 e. The number of rotatable bonds is 4. The fraction of sp³-hybridized carbons (Fsp3) is 0.381. The van der Waals surface area contributed by atoms with E-state index in [4.69, 9.17) is 21.1 Å². The van der Waals surface area contributed by atoms with E-state index in [1.54, 1.807) is 20.3 Å². The van der Waals surface area contributed by atoms with E-state index in [9.17, 15) is 4.79 Å². The predicted molar refractivity (Wildman–Crippen MR) is 105 cm³/mol. The van der Waals surface area contributed by atoms with E-state index >= 15 is 0 Å². The van der Waals surface area contributed by atoms with Crippen LogP contribution in [0.4, 0.5) is 10.5 Å². The summed E-state index contributed by atoms with van der Waals surface area (Å²) in [7, 11) is 3.31. The number of hydrogen-bond acceptors (Lipinski definition) is 3. The van der Waals surface area contributed by atoms with Crippen molar-refractivity contribution in [1.82, 2.24) is 4.90 Å². The number of carbonyl (C=O) groups excluding carboxylic acids is 1. The van der Waals surface area contributed by atoms with Gasteiger partial charge in [-0.25, -0.2) is 4.79 Å². The summed E-state index contributed by atoms with van der Waals surface area (Å²) in [5.74, 6) is 0.878. The molecule has 2 amide bonds. The number of halogens is 1. The second-order valence-electron chi connectivity index (χ2n) is 7.32. The van der Waals surface area contributed by atoms with Gasteiger partial charge in [0.2, 0.25) is 0 Å². The van der Waals surface area contributed by atoms with Crippen LogP contribution in [0.15, 0.2) is 36.4 Å². The Hall–Kier alpha value is -2.24. The largest absolute Gasteiger partial charge is 0.497 e. The molecule has 0 bridgehead atoms. The van der Waals surface area contributed by atoms with Crippen molar-refractivity contribution in [1.29, 1.82) is 0 Å². The van der Waals surface area contributed by atoms with Gasteiger partial charge in [0.05, 0.1) is 13.7 Å². The van der Waals surface area contributed by atoms with Gasteiger partial charge in [0.1, 0.15) is 5.75 Å². The molecular weight excluding hydrogens is 364 g/mol. The van der Waals surface area contributed by atoms with Crippen LogP contribution < -0.4 is 10.1 Å². The van der Waals surface area contributed by atoms with E-state index in [2.05, 4.69) is 17.4 Å². The predicted octanol–water partition coefficient (Wildman–Crippen LogP) is 4.57. The van der Waals surface area contributed by atoms with Gasteiger partial charge in [0.15, 0.2) is 0 Å². The number of hydrogen-bond donors (Lipinski definition) is 1. The van der Waals surface area contributed by atoms with Crippen molar-refractivity contribution in [2.45, 2.75) is 31.4 Å². The first-order valence-corrected chi connectivity index (χ1v) is 9.43. The lowest BCUT2D eigenvalue weighted by Gasteiger charge is -2.35. The van der Waals surface area contributed by atoms with Crippen LogP contribution in [0.2, 0.25) is 5.02 Å². The zero-order chi connectivity index (χ0) is 19.0. The van der Waals surface area contributed by atoms with Crippen LogP contribution in [0, 0.1) is 0 Å². The van der Waals surface area contributed by atoms with E-state index in [0.717, 1.165) is 36.4 Å². The number of amides is 2. The van der Waals surface area contributed by atoms with E-state index in [1.807, 2.05) is 23.1 Å². The molecule has 2 aromatic carbocycles. The maximum absolute atomic E-state index is 13.0. The lowest BCUT2D eigenvalue weighted by molar-refractivity contribution is 0.185. The summed E-state index contributed by atoms with van der Waals surface area (Å²) in [6.45, 7) is 1.72. The normalized spacial score (nSPS) is 16.8. The molecule has 1 saturated carbocycles. The van der Waals surface area contributed by atoms with Gasteiger partial charge < -0.3 is 19.7 Å². The van der Waals surface area contributed by atoms with Crippen LogP contribution in [0.1, 0.15) is 29.5 Å². The van der Waals surface area contributed by atoms with E-state index in [1.165, 1.54) is 11.1 Å². The molecule has 0 atom stereocenters. The van der Waals surface area contributed by atoms with Crippen LogP contribution in [-0.4, -0.2) is 31.7 Å². The molecule has 2 aromatic rings. The van der Waals surface area contributed by atoms with Gasteiger partial charge in [-0.3, -0.25) is 0 Å². The third-order valence-electron chi connectivity index (χ3n) is 5.49. The fourth-order valence-electron chi connectivity index (χ4n) is 3.90.